The normalized spacial score (nSPS) is 12.2. The number of allylic oxidation sites excluding steroid dienone is 1. The van der Waals surface area contributed by atoms with Gasteiger partial charge in [-0.25, -0.2) is 0 Å². The van der Waals surface area contributed by atoms with E-state index in [1.165, 1.54) is 0 Å². The number of hydrogen-bond donors (Lipinski definition) is 2. The summed E-state index contributed by atoms with van der Waals surface area (Å²) in [6, 6.07) is 0. The molecule has 9 heavy (non-hydrogen) atoms. The topological polar surface area (TPSA) is 66.9 Å². The van der Waals surface area contributed by atoms with Gasteiger partial charge in [-0.05, 0) is 12.5 Å². The summed E-state index contributed by atoms with van der Waals surface area (Å²) in [6.45, 7) is 1.54. The maximum atomic E-state index is 10.2. The van der Waals surface area contributed by atoms with E-state index in [0.717, 1.165) is 6.21 Å². The van der Waals surface area contributed by atoms with Gasteiger partial charge in [0.25, 0.3) is 5.91 Å². The van der Waals surface area contributed by atoms with Gasteiger partial charge in [-0.3, -0.25) is 4.79 Å². The largest absolute Gasteiger partial charge is 0.365 e. The van der Waals surface area contributed by atoms with Crippen LogP contribution < -0.4 is 5.73 Å². The van der Waals surface area contributed by atoms with Crippen LogP contribution >= 0.6 is 11.6 Å². The van der Waals surface area contributed by atoms with Gasteiger partial charge < -0.3 is 11.1 Å². The Kier molecular flexibility index (Phi) is 2.95. The first-order valence-corrected chi connectivity index (χ1v) is 2.64. The number of amides is 1. The molecule has 0 fully saturated rings. The minimum atomic E-state index is -0.697. The zero-order valence-electron chi connectivity index (χ0n) is 4.94. The zero-order chi connectivity index (χ0) is 7.44. The third-order valence-corrected chi connectivity index (χ3v) is 1.26. The van der Waals surface area contributed by atoms with Gasteiger partial charge in [-0.1, -0.05) is 11.6 Å². The van der Waals surface area contributed by atoms with Gasteiger partial charge in [-0.2, -0.15) is 0 Å². The van der Waals surface area contributed by atoms with Crippen LogP contribution in [0.1, 0.15) is 6.92 Å². The summed E-state index contributed by atoms with van der Waals surface area (Å²) in [5.74, 6) is -0.697. The van der Waals surface area contributed by atoms with E-state index in [-0.39, 0.29) is 5.03 Å². The Balaban J connectivity index is 4.47. The molecule has 0 aromatic rings. The van der Waals surface area contributed by atoms with Crippen LogP contribution in [0.25, 0.3) is 0 Å². The molecule has 0 rings (SSSR count). The molecule has 1 amide bonds. The molecule has 0 aromatic carbocycles. The van der Waals surface area contributed by atoms with Crippen LogP contribution in [0.15, 0.2) is 10.6 Å². The number of hydrogen-bond acceptors (Lipinski definition) is 2. The molecule has 0 aromatic heterocycles. The molecule has 0 saturated heterocycles. The third kappa shape index (κ3) is 2.28. The molecule has 0 saturated carbocycles. The van der Waals surface area contributed by atoms with Gasteiger partial charge in [0.15, 0.2) is 0 Å². The fourth-order valence-electron chi connectivity index (χ4n) is 0.258. The minimum Gasteiger partial charge on any atom is -0.365 e. The Labute approximate surface area is 58.0 Å². The fraction of sp³-hybridized carbons (Fsp3) is 0.200. The summed E-state index contributed by atoms with van der Waals surface area (Å²) in [5, 5.41) is 6.58. The Bertz CT molecular complexity index is 174. The predicted molar refractivity (Wildman–Crippen MR) is 36.5 cm³/mol. The summed E-state index contributed by atoms with van der Waals surface area (Å²) in [7, 11) is 0. The van der Waals surface area contributed by atoms with Crippen molar-refractivity contribution in [3.63, 3.8) is 0 Å². The molecular weight excluding hydrogens is 140 g/mol. The Hall–Kier alpha value is -0.830. The van der Waals surface area contributed by atoms with E-state index in [1.54, 1.807) is 6.92 Å². The number of nitrogens with one attached hydrogen (secondary N) is 1. The third-order valence-electron chi connectivity index (χ3n) is 0.779. The minimum absolute atomic E-state index is 0.0787. The maximum Gasteiger partial charge on any atom is 0.260 e. The van der Waals surface area contributed by atoms with Gasteiger partial charge >= 0.3 is 0 Å². The molecule has 0 heterocycles. The smallest absolute Gasteiger partial charge is 0.260 e. The van der Waals surface area contributed by atoms with E-state index in [9.17, 15) is 4.79 Å². The van der Waals surface area contributed by atoms with E-state index in [0.29, 0.717) is 5.57 Å². The summed E-state index contributed by atoms with van der Waals surface area (Å²) in [4.78, 5) is 10.2. The van der Waals surface area contributed by atoms with Gasteiger partial charge in [0.1, 0.15) is 5.03 Å². The molecule has 4 heteroatoms. The fourth-order valence-corrected chi connectivity index (χ4v) is 0.312. The van der Waals surface area contributed by atoms with Crippen molar-refractivity contribution < 1.29 is 4.79 Å². The van der Waals surface area contributed by atoms with Crippen molar-refractivity contribution in [2.45, 2.75) is 6.92 Å². The summed E-state index contributed by atoms with van der Waals surface area (Å²) >= 11 is 5.32. The zero-order valence-corrected chi connectivity index (χ0v) is 5.70. The number of halogens is 1. The van der Waals surface area contributed by atoms with Gasteiger partial charge in [0, 0.05) is 6.21 Å². The van der Waals surface area contributed by atoms with E-state index in [2.05, 4.69) is 0 Å². The van der Waals surface area contributed by atoms with Crippen molar-refractivity contribution in [1.82, 2.24) is 0 Å². The molecule has 3 N–H and O–H groups in total. The number of rotatable bonds is 2. The van der Waals surface area contributed by atoms with Crippen LogP contribution in [-0.4, -0.2) is 12.1 Å². The Morgan fingerprint density at radius 2 is 2.22 bits per heavy atom. The first-order chi connectivity index (χ1) is 4.09. The second kappa shape index (κ2) is 3.25. The first-order valence-electron chi connectivity index (χ1n) is 2.26. The van der Waals surface area contributed by atoms with Gasteiger partial charge in [-0.15, -0.1) is 0 Å². The van der Waals surface area contributed by atoms with Crippen molar-refractivity contribution in [2.75, 3.05) is 0 Å². The molecule has 0 radical (unpaired) electrons. The lowest BCUT2D eigenvalue weighted by atomic mass is 10.3. The lowest BCUT2D eigenvalue weighted by molar-refractivity contribution is -0.114. The van der Waals surface area contributed by atoms with Crippen molar-refractivity contribution in [2.24, 2.45) is 5.73 Å². The molecule has 0 aliphatic heterocycles. The average molecular weight is 147 g/mol. The van der Waals surface area contributed by atoms with Crippen LogP contribution in [0.5, 0.6) is 0 Å². The molecule has 3 nitrogen and oxygen atoms in total. The molecule has 0 aliphatic rings. The van der Waals surface area contributed by atoms with E-state index in [1.807, 2.05) is 0 Å². The number of carbonyl (C=O) groups is 1. The molecule has 0 aliphatic carbocycles. The van der Waals surface area contributed by atoms with Crippen LogP contribution in [0.3, 0.4) is 0 Å². The van der Waals surface area contributed by atoms with Crippen LogP contribution in [0, 0.1) is 5.41 Å². The Morgan fingerprint density at radius 3 is 2.33 bits per heavy atom. The highest BCUT2D eigenvalue weighted by molar-refractivity contribution is 6.43. The van der Waals surface area contributed by atoms with Crippen LogP contribution in [-0.2, 0) is 4.79 Å². The maximum absolute atomic E-state index is 10.2. The van der Waals surface area contributed by atoms with Crippen LogP contribution in [0.2, 0.25) is 0 Å². The summed E-state index contributed by atoms with van der Waals surface area (Å²) < 4.78 is 0. The SMILES string of the molecule is C/C(C=N)=C(\Cl)C(N)=O. The molecule has 0 atom stereocenters. The lowest BCUT2D eigenvalue weighted by Gasteiger charge is -1.91. The second-order valence-corrected chi connectivity index (χ2v) is 1.88. The van der Waals surface area contributed by atoms with Crippen molar-refractivity contribution >= 4 is 23.7 Å². The monoisotopic (exact) mass is 146 g/mol. The molecule has 0 bridgehead atoms. The highest BCUT2D eigenvalue weighted by atomic mass is 35.5. The Morgan fingerprint density at radius 1 is 1.78 bits per heavy atom. The van der Waals surface area contributed by atoms with E-state index >= 15 is 0 Å². The average Bonchev–Trinajstić information content (AvgIpc) is 1.84. The van der Waals surface area contributed by atoms with Crippen molar-refractivity contribution in [3.8, 4) is 0 Å². The molecule has 0 unspecified atom stereocenters. The number of primary amides is 1. The summed E-state index contributed by atoms with van der Waals surface area (Å²) in [5.41, 5.74) is 5.16. The standard InChI is InChI=1S/C5H7ClN2O/c1-3(2-7)4(6)5(8)9/h2,7H,1H3,(H2,8,9)/b4-3+,7-2?. The highest BCUT2D eigenvalue weighted by Crippen LogP contribution is 2.04. The quantitative estimate of drug-likeness (QED) is 0.436. The van der Waals surface area contributed by atoms with E-state index in [4.69, 9.17) is 22.7 Å². The second-order valence-electron chi connectivity index (χ2n) is 1.51. The molecule has 50 valence electrons. The van der Waals surface area contributed by atoms with Crippen molar-refractivity contribution in [3.05, 3.63) is 10.6 Å². The highest BCUT2D eigenvalue weighted by Gasteiger charge is 2.01. The molecular formula is C5H7ClN2O. The number of carbonyl (C=O) groups excluding carboxylic acids is 1. The lowest BCUT2D eigenvalue weighted by Crippen LogP contribution is -2.11. The van der Waals surface area contributed by atoms with Gasteiger partial charge in [0.05, 0.1) is 0 Å². The van der Waals surface area contributed by atoms with Gasteiger partial charge in [0.2, 0.25) is 0 Å². The number of nitrogens with two attached hydrogens (primary N) is 1. The summed E-state index contributed by atoms with van der Waals surface area (Å²) in [6.07, 6.45) is 0.979. The molecule has 0 spiro atoms. The van der Waals surface area contributed by atoms with Crippen LogP contribution in [0.4, 0.5) is 0 Å². The predicted octanol–water partition coefficient (Wildman–Crippen LogP) is 0.634. The van der Waals surface area contributed by atoms with E-state index < -0.39 is 5.91 Å². The first kappa shape index (κ1) is 8.17. The van der Waals surface area contributed by atoms with Crippen molar-refractivity contribution in [1.29, 1.82) is 5.41 Å².